The molecule has 1 atom stereocenters. The number of carbonyl (C=O) groups excluding carboxylic acids is 1. The molecule has 1 unspecified atom stereocenters. The predicted molar refractivity (Wildman–Crippen MR) is 93.5 cm³/mol. The molecule has 1 fully saturated rings. The Morgan fingerprint density at radius 1 is 1.13 bits per heavy atom. The zero-order valence-corrected chi connectivity index (χ0v) is 14.4. The Labute approximate surface area is 137 Å². The third kappa shape index (κ3) is 3.17. The summed E-state index contributed by atoms with van der Waals surface area (Å²) in [5.74, 6) is 0.0300. The fourth-order valence-electron chi connectivity index (χ4n) is 3.51. The van der Waals surface area contributed by atoms with Gasteiger partial charge in [0.2, 0.25) is 0 Å². The first-order valence-electron chi connectivity index (χ1n) is 8.25. The SMILES string of the molecule is Cc1cc(C)cc(-n2c(C)cc(C(=O)NC3CCNC3)c2C)c1. The lowest BCUT2D eigenvalue weighted by Gasteiger charge is -2.13. The fourth-order valence-corrected chi connectivity index (χ4v) is 3.51. The highest BCUT2D eigenvalue weighted by atomic mass is 16.1. The van der Waals surface area contributed by atoms with Gasteiger partial charge in [0.1, 0.15) is 0 Å². The molecule has 4 heteroatoms. The van der Waals surface area contributed by atoms with E-state index in [0.29, 0.717) is 0 Å². The fraction of sp³-hybridized carbons (Fsp3) is 0.421. The van der Waals surface area contributed by atoms with Gasteiger partial charge < -0.3 is 15.2 Å². The molecule has 122 valence electrons. The molecule has 0 aliphatic carbocycles. The van der Waals surface area contributed by atoms with E-state index < -0.39 is 0 Å². The van der Waals surface area contributed by atoms with Crippen molar-refractivity contribution in [2.24, 2.45) is 0 Å². The van der Waals surface area contributed by atoms with Gasteiger partial charge in [-0.3, -0.25) is 4.79 Å². The molecule has 3 rings (SSSR count). The highest BCUT2D eigenvalue weighted by Gasteiger charge is 2.21. The van der Waals surface area contributed by atoms with E-state index in [1.807, 2.05) is 13.0 Å². The van der Waals surface area contributed by atoms with E-state index in [4.69, 9.17) is 0 Å². The van der Waals surface area contributed by atoms with E-state index in [9.17, 15) is 4.79 Å². The molecule has 0 bridgehead atoms. The lowest BCUT2D eigenvalue weighted by Crippen LogP contribution is -2.36. The zero-order chi connectivity index (χ0) is 16.6. The number of carbonyl (C=O) groups is 1. The summed E-state index contributed by atoms with van der Waals surface area (Å²) in [7, 11) is 0. The Balaban J connectivity index is 1.94. The Kier molecular flexibility index (Phi) is 4.26. The van der Waals surface area contributed by atoms with Gasteiger partial charge in [-0.05, 0) is 70.0 Å². The molecule has 2 heterocycles. The molecule has 1 amide bonds. The Morgan fingerprint density at radius 3 is 2.43 bits per heavy atom. The van der Waals surface area contributed by atoms with Crippen molar-refractivity contribution in [3.8, 4) is 5.69 Å². The van der Waals surface area contributed by atoms with Gasteiger partial charge >= 0.3 is 0 Å². The smallest absolute Gasteiger partial charge is 0.253 e. The van der Waals surface area contributed by atoms with Crippen LogP contribution in [-0.2, 0) is 0 Å². The molecule has 2 N–H and O–H groups in total. The summed E-state index contributed by atoms with van der Waals surface area (Å²) in [5, 5.41) is 6.41. The molecule has 1 aromatic carbocycles. The van der Waals surface area contributed by atoms with Gasteiger partial charge in [0, 0.05) is 29.7 Å². The van der Waals surface area contributed by atoms with Crippen molar-refractivity contribution >= 4 is 5.91 Å². The van der Waals surface area contributed by atoms with E-state index in [1.54, 1.807) is 0 Å². The first-order chi connectivity index (χ1) is 11.0. The number of rotatable bonds is 3. The highest BCUT2D eigenvalue weighted by Crippen LogP contribution is 2.23. The molecule has 1 aliphatic heterocycles. The van der Waals surface area contributed by atoms with Crippen molar-refractivity contribution in [1.82, 2.24) is 15.2 Å². The van der Waals surface area contributed by atoms with E-state index in [-0.39, 0.29) is 11.9 Å². The third-order valence-electron chi connectivity index (χ3n) is 4.54. The third-order valence-corrected chi connectivity index (χ3v) is 4.54. The van der Waals surface area contributed by atoms with Gasteiger partial charge in [-0.15, -0.1) is 0 Å². The Morgan fingerprint density at radius 2 is 1.83 bits per heavy atom. The van der Waals surface area contributed by atoms with Gasteiger partial charge in [0.25, 0.3) is 5.91 Å². The van der Waals surface area contributed by atoms with Crippen molar-refractivity contribution in [2.75, 3.05) is 13.1 Å². The number of hydrogen-bond donors (Lipinski definition) is 2. The summed E-state index contributed by atoms with van der Waals surface area (Å²) in [6, 6.07) is 8.72. The van der Waals surface area contributed by atoms with Crippen LogP contribution in [0.3, 0.4) is 0 Å². The second-order valence-electron chi connectivity index (χ2n) is 6.63. The number of benzene rings is 1. The quantitative estimate of drug-likeness (QED) is 0.915. The van der Waals surface area contributed by atoms with E-state index in [2.05, 4.69) is 54.2 Å². The maximum Gasteiger partial charge on any atom is 0.253 e. The van der Waals surface area contributed by atoms with Crippen molar-refractivity contribution in [3.05, 3.63) is 52.3 Å². The average molecular weight is 311 g/mol. The maximum atomic E-state index is 12.6. The van der Waals surface area contributed by atoms with Crippen molar-refractivity contribution in [2.45, 2.75) is 40.2 Å². The molecule has 1 saturated heterocycles. The first kappa shape index (κ1) is 15.8. The topological polar surface area (TPSA) is 46.1 Å². The van der Waals surface area contributed by atoms with Crippen LogP contribution in [-0.4, -0.2) is 29.6 Å². The number of amides is 1. The van der Waals surface area contributed by atoms with Crippen molar-refractivity contribution in [1.29, 1.82) is 0 Å². The normalized spacial score (nSPS) is 17.5. The van der Waals surface area contributed by atoms with Gasteiger partial charge in [-0.1, -0.05) is 6.07 Å². The van der Waals surface area contributed by atoms with Crippen LogP contribution >= 0.6 is 0 Å². The maximum absolute atomic E-state index is 12.6. The summed E-state index contributed by atoms with van der Waals surface area (Å²) in [4.78, 5) is 12.6. The molecule has 0 radical (unpaired) electrons. The molecular formula is C19H25N3O. The number of nitrogens with one attached hydrogen (secondary N) is 2. The van der Waals surface area contributed by atoms with Gasteiger partial charge in [0.15, 0.2) is 0 Å². The summed E-state index contributed by atoms with van der Waals surface area (Å²) < 4.78 is 2.17. The van der Waals surface area contributed by atoms with E-state index in [1.165, 1.54) is 11.1 Å². The van der Waals surface area contributed by atoms with Crippen molar-refractivity contribution < 1.29 is 4.79 Å². The molecule has 0 saturated carbocycles. The second-order valence-corrected chi connectivity index (χ2v) is 6.63. The summed E-state index contributed by atoms with van der Waals surface area (Å²) >= 11 is 0. The first-order valence-corrected chi connectivity index (χ1v) is 8.25. The number of aryl methyl sites for hydroxylation is 3. The Bertz CT molecular complexity index is 719. The molecule has 0 spiro atoms. The minimum atomic E-state index is 0.0300. The minimum Gasteiger partial charge on any atom is -0.348 e. The van der Waals surface area contributed by atoms with Crippen LogP contribution in [0.4, 0.5) is 0 Å². The predicted octanol–water partition coefficient (Wildman–Crippen LogP) is 2.80. The average Bonchev–Trinajstić information content (AvgIpc) is 3.06. The molecular weight excluding hydrogens is 286 g/mol. The van der Waals surface area contributed by atoms with Crippen LogP contribution in [0.1, 0.15) is 39.3 Å². The van der Waals surface area contributed by atoms with Crippen LogP contribution in [0, 0.1) is 27.7 Å². The lowest BCUT2D eigenvalue weighted by atomic mass is 10.1. The van der Waals surface area contributed by atoms with Crippen LogP contribution in [0.15, 0.2) is 24.3 Å². The zero-order valence-electron chi connectivity index (χ0n) is 14.4. The van der Waals surface area contributed by atoms with Crippen LogP contribution in [0.2, 0.25) is 0 Å². The molecule has 1 aliphatic rings. The van der Waals surface area contributed by atoms with Crippen LogP contribution in [0.25, 0.3) is 5.69 Å². The van der Waals surface area contributed by atoms with Crippen LogP contribution in [0.5, 0.6) is 0 Å². The standard InChI is InChI=1S/C19H25N3O/c1-12-7-13(2)9-17(8-12)22-14(3)10-18(15(22)4)19(23)21-16-5-6-20-11-16/h7-10,16,20H,5-6,11H2,1-4H3,(H,21,23). The molecule has 23 heavy (non-hydrogen) atoms. The molecule has 1 aromatic heterocycles. The molecule has 4 nitrogen and oxygen atoms in total. The summed E-state index contributed by atoms with van der Waals surface area (Å²) in [6.07, 6.45) is 1.00. The number of hydrogen-bond acceptors (Lipinski definition) is 2. The van der Waals surface area contributed by atoms with Gasteiger partial charge in [-0.25, -0.2) is 0 Å². The minimum absolute atomic E-state index is 0.0300. The second kappa shape index (κ2) is 6.20. The van der Waals surface area contributed by atoms with E-state index >= 15 is 0 Å². The molecule has 2 aromatic rings. The highest BCUT2D eigenvalue weighted by molar-refractivity contribution is 5.96. The number of aromatic nitrogens is 1. The van der Waals surface area contributed by atoms with Gasteiger partial charge in [-0.2, -0.15) is 0 Å². The summed E-state index contributed by atoms with van der Waals surface area (Å²) in [6.45, 7) is 10.1. The number of nitrogens with zero attached hydrogens (tertiary/aromatic N) is 1. The summed E-state index contributed by atoms with van der Waals surface area (Å²) in [5.41, 5.74) is 6.44. The Hall–Kier alpha value is -2.07. The van der Waals surface area contributed by atoms with Gasteiger partial charge in [0.05, 0.1) is 5.56 Å². The lowest BCUT2D eigenvalue weighted by molar-refractivity contribution is 0.0939. The monoisotopic (exact) mass is 311 g/mol. The largest absolute Gasteiger partial charge is 0.348 e. The van der Waals surface area contributed by atoms with Crippen molar-refractivity contribution in [3.63, 3.8) is 0 Å². The van der Waals surface area contributed by atoms with Crippen LogP contribution < -0.4 is 10.6 Å². The van der Waals surface area contributed by atoms with E-state index in [0.717, 1.165) is 42.1 Å².